The fraction of sp³-hybridized carbons (Fsp3) is 0.312. The first kappa shape index (κ1) is 15.7. The fourth-order valence-electron chi connectivity index (χ4n) is 2.79. The number of carbonyl (C=O) groups excluding carboxylic acids is 1. The Balaban J connectivity index is 1.92. The third kappa shape index (κ3) is 3.09. The number of anilines is 2. The van der Waals surface area contributed by atoms with Crippen molar-refractivity contribution in [3.8, 4) is 0 Å². The van der Waals surface area contributed by atoms with Gasteiger partial charge in [0.05, 0.1) is 21.3 Å². The number of fused-ring (bicyclic) bond motifs is 1. The Morgan fingerprint density at radius 1 is 1.18 bits per heavy atom. The number of hydrogen-bond donors (Lipinski definition) is 2. The monoisotopic (exact) mass is 354 g/mol. The zero-order valence-corrected chi connectivity index (χ0v) is 14.2. The summed E-state index contributed by atoms with van der Waals surface area (Å²) in [5.74, 6) is -0.207. The van der Waals surface area contributed by atoms with Gasteiger partial charge in [-0.2, -0.15) is 0 Å². The maximum Gasteiger partial charge on any atom is 0.258 e. The van der Waals surface area contributed by atoms with Crippen LogP contribution in [0.3, 0.4) is 0 Å². The molecule has 0 atom stereocenters. The van der Waals surface area contributed by atoms with Crippen LogP contribution in [0.1, 0.15) is 40.1 Å². The molecule has 0 fully saturated rings. The molecule has 0 radical (unpaired) electrons. The quantitative estimate of drug-likeness (QED) is 0.731. The summed E-state index contributed by atoms with van der Waals surface area (Å²) in [5.41, 5.74) is 8.32. The Hall–Kier alpha value is -1.23. The molecule has 6 heteroatoms. The van der Waals surface area contributed by atoms with E-state index < -0.39 is 0 Å². The third-order valence-corrected chi connectivity index (χ3v) is 5.54. The van der Waals surface area contributed by atoms with E-state index in [-0.39, 0.29) is 5.91 Å². The van der Waals surface area contributed by atoms with E-state index >= 15 is 0 Å². The van der Waals surface area contributed by atoms with Gasteiger partial charge in [0, 0.05) is 9.90 Å². The smallest absolute Gasteiger partial charge is 0.258 e. The van der Waals surface area contributed by atoms with Crippen LogP contribution in [0.15, 0.2) is 18.2 Å². The molecule has 1 aliphatic carbocycles. The zero-order valence-electron chi connectivity index (χ0n) is 11.9. The van der Waals surface area contributed by atoms with Crippen molar-refractivity contribution in [2.45, 2.75) is 32.1 Å². The van der Waals surface area contributed by atoms with Crippen LogP contribution in [-0.4, -0.2) is 5.91 Å². The van der Waals surface area contributed by atoms with Crippen LogP contribution in [0, 0.1) is 0 Å². The highest BCUT2D eigenvalue weighted by Gasteiger charge is 2.23. The maximum absolute atomic E-state index is 12.7. The highest BCUT2D eigenvalue weighted by molar-refractivity contribution is 7.16. The van der Waals surface area contributed by atoms with Gasteiger partial charge in [-0.25, -0.2) is 0 Å². The van der Waals surface area contributed by atoms with Gasteiger partial charge < -0.3 is 11.1 Å². The SMILES string of the molecule is Nc1sc2c(c1C(=O)Nc1cc(Cl)ccc1Cl)CCCCC2. The van der Waals surface area contributed by atoms with Gasteiger partial charge in [-0.1, -0.05) is 29.6 Å². The largest absolute Gasteiger partial charge is 0.390 e. The number of hydrogen-bond acceptors (Lipinski definition) is 3. The molecule has 1 aromatic carbocycles. The molecule has 22 heavy (non-hydrogen) atoms. The van der Waals surface area contributed by atoms with Gasteiger partial charge in [0.1, 0.15) is 0 Å². The van der Waals surface area contributed by atoms with E-state index in [9.17, 15) is 4.79 Å². The van der Waals surface area contributed by atoms with E-state index in [2.05, 4.69) is 5.32 Å². The Labute approximate surface area is 143 Å². The topological polar surface area (TPSA) is 55.1 Å². The molecule has 0 unspecified atom stereocenters. The number of nitrogens with two attached hydrogens (primary N) is 1. The Kier molecular flexibility index (Phi) is 4.62. The summed E-state index contributed by atoms with van der Waals surface area (Å²) in [6.45, 7) is 0. The minimum atomic E-state index is -0.207. The summed E-state index contributed by atoms with van der Waals surface area (Å²) in [6.07, 6.45) is 5.38. The number of nitrogens with one attached hydrogen (secondary N) is 1. The summed E-state index contributed by atoms with van der Waals surface area (Å²) in [6, 6.07) is 4.99. The van der Waals surface area contributed by atoms with Gasteiger partial charge in [0.25, 0.3) is 5.91 Å². The lowest BCUT2D eigenvalue weighted by atomic mass is 10.0. The van der Waals surface area contributed by atoms with Crippen molar-refractivity contribution in [2.24, 2.45) is 0 Å². The predicted molar refractivity (Wildman–Crippen MR) is 94.4 cm³/mol. The minimum Gasteiger partial charge on any atom is -0.390 e. The number of nitrogen functional groups attached to an aromatic ring is 1. The van der Waals surface area contributed by atoms with Gasteiger partial charge >= 0.3 is 0 Å². The normalized spacial score (nSPS) is 14.3. The van der Waals surface area contributed by atoms with Crippen LogP contribution in [0.2, 0.25) is 10.0 Å². The van der Waals surface area contributed by atoms with E-state index in [1.807, 2.05) is 0 Å². The highest BCUT2D eigenvalue weighted by Crippen LogP contribution is 2.36. The Bertz CT molecular complexity index is 727. The third-order valence-electron chi connectivity index (χ3n) is 3.85. The standard InChI is InChI=1S/C16H16Cl2N2OS/c17-9-6-7-11(18)12(8-9)20-16(21)14-10-4-2-1-3-5-13(10)22-15(14)19/h6-8H,1-5,19H2,(H,20,21). The van der Waals surface area contributed by atoms with E-state index in [0.29, 0.717) is 26.3 Å². The molecule has 1 heterocycles. The van der Waals surface area contributed by atoms with Crippen LogP contribution in [0.4, 0.5) is 10.7 Å². The first-order chi connectivity index (χ1) is 10.6. The number of benzene rings is 1. The number of aryl methyl sites for hydroxylation is 1. The molecule has 0 saturated heterocycles. The lowest BCUT2D eigenvalue weighted by Gasteiger charge is -2.09. The van der Waals surface area contributed by atoms with Gasteiger partial charge in [-0.15, -0.1) is 11.3 Å². The van der Waals surface area contributed by atoms with E-state index in [1.165, 1.54) is 22.6 Å². The van der Waals surface area contributed by atoms with Gasteiger partial charge in [0.2, 0.25) is 0 Å². The summed E-state index contributed by atoms with van der Waals surface area (Å²) < 4.78 is 0. The second kappa shape index (κ2) is 6.49. The molecule has 1 aromatic heterocycles. The number of amides is 1. The minimum absolute atomic E-state index is 0.207. The van der Waals surface area contributed by atoms with Crippen LogP contribution in [-0.2, 0) is 12.8 Å². The van der Waals surface area contributed by atoms with Crippen LogP contribution < -0.4 is 11.1 Å². The van der Waals surface area contributed by atoms with Crippen molar-refractivity contribution in [3.63, 3.8) is 0 Å². The summed E-state index contributed by atoms with van der Waals surface area (Å²) in [5, 5.41) is 4.40. The maximum atomic E-state index is 12.7. The van der Waals surface area contributed by atoms with Crippen molar-refractivity contribution < 1.29 is 4.79 Å². The number of rotatable bonds is 2. The molecule has 2 aromatic rings. The highest BCUT2D eigenvalue weighted by atomic mass is 35.5. The molecule has 0 spiro atoms. The van der Waals surface area contributed by atoms with Crippen LogP contribution in [0.25, 0.3) is 0 Å². The zero-order chi connectivity index (χ0) is 15.7. The van der Waals surface area contributed by atoms with Gasteiger partial charge in [0.15, 0.2) is 0 Å². The Morgan fingerprint density at radius 2 is 1.95 bits per heavy atom. The first-order valence-electron chi connectivity index (χ1n) is 7.22. The van der Waals surface area contributed by atoms with Crippen LogP contribution in [0.5, 0.6) is 0 Å². The van der Waals surface area contributed by atoms with Crippen molar-refractivity contribution in [1.29, 1.82) is 0 Å². The number of halogens is 2. The molecular formula is C16H16Cl2N2OS. The van der Waals surface area contributed by atoms with E-state index in [4.69, 9.17) is 28.9 Å². The molecule has 0 bridgehead atoms. The molecule has 3 rings (SSSR count). The molecule has 0 saturated carbocycles. The average molecular weight is 355 g/mol. The predicted octanol–water partition coefficient (Wildman–Crippen LogP) is 5.16. The van der Waals surface area contributed by atoms with Crippen molar-refractivity contribution in [2.75, 3.05) is 11.1 Å². The molecule has 3 N–H and O–H groups in total. The lowest BCUT2D eigenvalue weighted by Crippen LogP contribution is -2.15. The van der Waals surface area contributed by atoms with Crippen molar-refractivity contribution in [3.05, 3.63) is 44.2 Å². The van der Waals surface area contributed by atoms with E-state index in [0.717, 1.165) is 31.2 Å². The molecule has 116 valence electrons. The molecule has 1 amide bonds. The van der Waals surface area contributed by atoms with Gasteiger partial charge in [-0.3, -0.25) is 4.79 Å². The number of carbonyl (C=O) groups is 1. The summed E-state index contributed by atoms with van der Waals surface area (Å²) >= 11 is 13.6. The van der Waals surface area contributed by atoms with Crippen molar-refractivity contribution in [1.82, 2.24) is 0 Å². The van der Waals surface area contributed by atoms with E-state index in [1.54, 1.807) is 18.2 Å². The summed E-state index contributed by atoms with van der Waals surface area (Å²) in [4.78, 5) is 13.9. The fourth-order valence-corrected chi connectivity index (χ4v) is 4.29. The lowest BCUT2D eigenvalue weighted by molar-refractivity contribution is 0.102. The average Bonchev–Trinajstić information content (AvgIpc) is 2.64. The first-order valence-corrected chi connectivity index (χ1v) is 8.80. The second-order valence-electron chi connectivity index (χ2n) is 5.38. The summed E-state index contributed by atoms with van der Waals surface area (Å²) in [7, 11) is 0. The number of thiophene rings is 1. The van der Waals surface area contributed by atoms with Gasteiger partial charge in [-0.05, 0) is 49.4 Å². The molecule has 3 nitrogen and oxygen atoms in total. The van der Waals surface area contributed by atoms with Crippen LogP contribution >= 0.6 is 34.5 Å². The second-order valence-corrected chi connectivity index (χ2v) is 7.36. The molecule has 0 aliphatic heterocycles. The molecule has 1 aliphatic rings. The molecular weight excluding hydrogens is 339 g/mol. The van der Waals surface area contributed by atoms with Crippen molar-refractivity contribution >= 4 is 51.1 Å². The Morgan fingerprint density at radius 3 is 2.77 bits per heavy atom.